The lowest BCUT2D eigenvalue weighted by Gasteiger charge is -2.00. The maximum absolute atomic E-state index is 11.5. The predicted molar refractivity (Wildman–Crippen MR) is 63.6 cm³/mol. The molecule has 15 heavy (non-hydrogen) atoms. The molecule has 1 heteroatoms. The third-order valence-electron chi connectivity index (χ3n) is 2.40. The molecule has 0 saturated carbocycles. The lowest BCUT2D eigenvalue weighted by atomic mass is 10.0. The highest BCUT2D eigenvalue weighted by Gasteiger charge is 2.03. The van der Waals surface area contributed by atoms with E-state index >= 15 is 0 Å². The average molecular weight is 203 g/mol. The second-order valence-corrected chi connectivity index (χ2v) is 3.83. The molecule has 0 aliphatic rings. The second-order valence-electron chi connectivity index (χ2n) is 3.83. The number of carbonyl (C=O) groups is 1. The molecule has 0 aliphatic carbocycles. The average Bonchev–Trinajstić information content (AvgIpc) is 2.26. The molecule has 0 N–H and O–H groups in total. The van der Waals surface area contributed by atoms with Crippen molar-refractivity contribution in [2.45, 2.75) is 39.0 Å². The fourth-order valence-electron chi connectivity index (χ4n) is 1.53. The molecule has 1 nitrogen and oxygen atoms in total. The highest BCUT2D eigenvalue weighted by atomic mass is 16.1. The number of rotatable bonds is 7. The van der Waals surface area contributed by atoms with Gasteiger partial charge in [-0.15, -0.1) is 0 Å². The summed E-state index contributed by atoms with van der Waals surface area (Å²) < 4.78 is 0. The molecule has 0 spiro atoms. The van der Waals surface area contributed by atoms with Crippen molar-refractivity contribution in [1.82, 2.24) is 0 Å². The Morgan fingerprint density at radius 1 is 1.13 bits per heavy atom. The number of benzene rings is 1. The molecule has 0 aromatic heterocycles. The van der Waals surface area contributed by atoms with E-state index in [2.05, 4.69) is 6.92 Å². The van der Waals surface area contributed by atoms with Crippen molar-refractivity contribution in [3.63, 3.8) is 0 Å². The van der Waals surface area contributed by atoms with Gasteiger partial charge in [-0.25, -0.2) is 0 Å². The van der Waals surface area contributed by atoms with Crippen LogP contribution < -0.4 is 0 Å². The normalized spacial score (nSPS) is 10.2. The molecular weight excluding hydrogens is 184 g/mol. The summed E-state index contributed by atoms with van der Waals surface area (Å²) >= 11 is 0. The van der Waals surface area contributed by atoms with E-state index in [9.17, 15) is 4.79 Å². The second kappa shape index (κ2) is 7.22. The lowest BCUT2D eigenvalue weighted by molar-refractivity contribution is -0.115. The summed E-state index contributed by atoms with van der Waals surface area (Å²) in [5.41, 5.74) is 1.01. The molecule has 1 aromatic rings. The zero-order valence-corrected chi connectivity index (χ0v) is 9.41. The summed E-state index contributed by atoms with van der Waals surface area (Å²) in [4.78, 5) is 11.5. The first kappa shape index (κ1) is 12.0. The Morgan fingerprint density at radius 3 is 2.53 bits per heavy atom. The van der Waals surface area contributed by atoms with Crippen LogP contribution in [0.4, 0.5) is 0 Å². The Hall–Kier alpha value is -1.11. The zero-order valence-electron chi connectivity index (χ0n) is 9.41. The Balaban J connectivity index is 2.19. The van der Waals surface area contributed by atoms with Gasteiger partial charge in [0, 0.05) is 6.42 Å². The third kappa shape index (κ3) is 5.36. The maximum atomic E-state index is 11.5. The smallest absolute Gasteiger partial charge is 0.141 e. The van der Waals surface area contributed by atoms with E-state index in [1.165, 1.54) is 19.3 Å². The van der Waals surface area contributed by atoms with Crippen molar-refractivity contribution >= 4 is 5.78 Å². The van der Waals surface area contributed by atoms with Crippen LogP contribution >= 0.6 is 0 Å². The van der Waals surface area contributed by atoms with Gasteiger partial charge in [0.05, 0.1) is 6.42 Å². The van der Waals surface area contributed by atoms with Crippen LogP contribution in [0.1, 0.15) is 44.6 Å². The molecule has 0 amide bonds. The number of hydrogen-bond acceptors (Lipinski definition) is 1. The fourth-order valence-corrected chi connectivity index (χ4v) is 1.53. The van der Waals surface area contributed by atoms with Gasteiger partial charge in [0.2, 0.25) is 0 Å². The summed E-state index contributed by atoms with van der Waals surface area (Å²) in [5.74, 6) is 0.248. The Morgan fingerprint density at radius 2 is 1.87 bits per heavy atom. The Bertz CT molecular complexity index is 277. The van der Waals surface area contributed by atoms with Crippen LogP contribution in [-0.2, 0) is 4.79 Å². The minimum Gasteiger partial charge on any atom is -0.299 e. The molecule has 1 rings (SSSR count). The third-order valence-corrected chi connectivity index (χ3v) is 2.40. The first-order valence-electron chi connectivity index (χ1n) is 5.75. The van der Waals surface area contributed by atoms with E-state index in [0.717, 1.165) is 12.0 Å². The first-order chi connectivity index (χ1) is 7.33. The highest BCUT2D eigenvalue weighted by molar-refractivity contribution is 5.90. The van der Waals surface area contributed by atoms with Crippen LogP contribution in [0, 0.1) is 6.42 Å². The Kier molecular flexibility index (Phi) is 5.76. The zero-order chi connectivity index (χ0) is 10.9. The molecule has 0 bridgehead atoms. The molecule has 0 atom stereocenters. The van der Waals surface area contributed by atoms with Gasteiger partial charge in [-0.1, -0.05) is 56.5 Å². The summed E-state index contributed by atoms with van der Waals surface area (Å²) in [6.07, 6.45) is 7.08. The maximum Gasteiger partial charge on any atom is 0.141 e. The molecule has 0 aliphatic heterocycles. The van der Waals surface area contributed by atoms with Gasteiger partial charge in [0.1, 0.15) is 5.78 Å². The van der Waals surface area contributed by atoms with Gasteiger partial charge in [0.25, 0.3) is 0 Å². The molecule has 1 aromatic carbocycles. The fraction of sp³-hybridized carbons (Fsp3) is 0.429. The molecule has 0 heterocycles. The van der Waals surface area contributed by atoms with E-state index in [1.807, 2.05) is 30.3 Å². The van der Waals surface area contributed by atoms with Gasteiger partial charge < -0.3 is 0 Å². The number of ketones is 1. The quantitative estimate of drug-likeness (QED) is 0.616. The van der Waals surface area contributed by atoms with Crippen LogP contribution in [0.25, 0.3) is 0 Å². The molecule has 1 radical (unpaired) electrons. The predicted octanol–water partition coefficient (Wildman–Crippen LogP) is 3.78. The lowest BCUT2D eigenvalue weighted by Crippen LogP contribution is -1.99. The van der Waals surface area contributed by atoms with E-state index in [-0.39, 0.29) is 5.78 Å². The van der Waals surface area contributed by atoms with Crippen molar-refractivity contribution in [2.24, 2.45) is 0 Å². The molecular formula is C14H19O. The number of carbonyl (C=O) groups excluding carboxylic acids is 1. The van der Waals surface area contributed by atoms with Crippen molar-refractivity contribution < 1.29 is 4.79 Å². The number of hydrogen-bond donors (Lipinski definition) is 0. The van der Waals surface area contributed by atoms with E-state index < -0.39 is 0 Å². The minimum atomic E-state index is 0.248. The van der Waals surface area contributed by atoms with E-state index in [1.54, 1.807) is 6.42 Å². The SMILES string of the molecule is CCCCCCC(=O)[CH]c1ccccc1. The van der Waals surface area contributed by atoms with Crippen LogP contribution in [0.5, 0.6) is 0 Å². The largest absolute Gasteiger partial charge is 0.299 e. The summed E-state index contributed by atoms with van der Waals surface area (Å²) in [6.45, 7) is 2.18. The molecule has 81 valence electrons. The first-order valence-corrected chi connectivity index (χ1v) is 5.75. The minimum absolute atomic E-state index is 0.248. The summed E-state index contributed by atoms with van der Waals surface area (Å²) in [7, 11) is 0. The number of unbranched alkanes of at least 4 members (excludes halogenated alkanes) is 3. The van der Waals surface area contributed by atoms with E-state index in [0.29, 0.717) is 6.42 Å². The van der Waals surface area contributed by atoms with Crippen molar-refractivity contribution in [3.05, 3.63) is 42.3 Å². The standard InChI is InChI=1S/C14H19O/c1-2-3-4-8-11-14(15)12-13-9-6-5-7-10-13/h5-7,9-10,12H,2-4,8,11H2,1H3. The van der Waals surface area contributed by atoms with Gasteiger partial charge >= 0.3 is 0 Å². The van der Waals surface area contributed by atoms with Crippen molar-refractivity contribution in [3.8, 4) is 0 Å². The van der Waals surface area contributed by atoms with Crippen molar-refractivity contribution in [2.75, 3.05) is 0 Å². The number of Topliss-reactive ketones (excluding diaryl/α,β-unsaturated/α-hetero) is 1. The van der Waals surface area contributed by atoms with Crippen LogP contribution in [0.2, 0.25) is 0 Å². The van der Waals surface area contributed by atoms with Crippen molar-refractivity contribution in [1.29, 1.82) is 0 Å². The summed E-state index contributed by atoms with van der Waals surface area (Å²) in [6, 6.07) is 9.79. The summed E-state index contributed by atoms with van der Waals surface area (Å²) in [5, 5.41) is 0. The highest BCUT2D eigenvalue weighted by Crippen LogP contribution is 2.08. The monoisotopic (exact) mass is 203 g/mol. The van der Waals surface area contributed by atoms with Crippen LogP contribution in [0.3, 0.4) is 0 Å². The molecule has 0 unspecified atom stereocenters. The molecule has 0 saturated heterocycles. The van der Waals surface area contributed by atoms with E-state index in [4.69, 9.17) is 0 Å². The van der Waals surface area contributed by atoms with Gasteiger partial charge in [0.15, 0.2) is 0 Å². The Labute approximate surface area is 92.5 Å². The van der Waals surface area contributed by atoms with Gasteiger partial charge in [-0.2, -0.15) is 0 Å². The van der Waals surface area contributed by atoms with Crippen LogP contribution in [0.15, 0.2) is 30.3 Å². The molecule has 0 fully saturated rings. The van der Waals surface area contributed by atoms with Gasteiger partial charge in [-0.3, -0.25) is 4.79 Å². The van der Waals surface area contributed by atoms with Gasteiger partial charge in [-0.05, 0) is 12.0 Å². The van der Waals surface area contributed by atoms with Crippen LogP contribution in [-0.4, -0.2) is 5.78 Å². The topological polar surface area (TPSA) is 17.1 Å².